The van der Waals surface area contributed by atoms with E-state index in [4.69, 9.17) is 15.6 Å². The molecule has 0 bridgehead atoms. The van der Waals surface area contributed by atoms with Crippen LogP contribution in [0.5, 0.6) is 0 Å². The van der Waals surface area contributed by atoms with E-state index in [2.05, 4.69) is 0 Å². The molecule has 0 fully saturated rings. The Morgan fingerprint density at radius 2 is 2.11 bits per heavy atom. The molecule has 0 saturated carbocycles. The van der Waals surface area contributed by atoms with Crippen molar-refractivity contribution in [3.63, 3.8) is 0 Å². The molecule has 18 heavy (non-hydrogen) atoms. The highest BCUT2D eigenvalue weighted by atomic mass is 19.1. The summed E-state index contributed by atoms with van der Waals surface area (Å²) in [6.07, 6.45) is 0. The summed E-state index contributed by atoms with van der Waals surface area (Å²) >= 11 is 0. The van der Waals surface area contributed by atoms with Gasteiger partial charge in [-0.2, -0.15) is 0 Å². The van der Waals surface area contributed by atoms with Crippen LogP contribution in [0.1, 0.15) is 11.1 Å². The van der Waals surface area contributed by atoms with Crippen LogP contribution in [0, 0.1) is 5.82 Å². The van der Waals surface area contributed by atoms with Crippen molar-refractivity contribution in [2.24, 2.45) is 5.73 Å². The van der Waals surface area contributed by atoms with E-state index < -0.39 is 0 Å². The van der Waals surface area contributed by atoms with Crippen molar-refractivity contribution in [3.05, 3.63) is 35.1 Å². The summed E-state index contributed by atoms with van der Waals surface area (Å²) < 4.78 is 18.3. The summed E-state index contributed by atoms with van der Waals surface area (Å²) in [5, 5.41) is 9.01. The van der Waals surface area contributed by atoms with Gasteiger partial charge in [-0.1, -0.05) is 6.07 Å². The van der Waals surface area contributed by atoms with Crippen LogP contribution >= 0.6 is 0 Å². The third-order valence-electron chi connectivity index (χ3n) is 2.81. The Kier molecular flexibility index (Phi) is 6.82. The highest BCUT2D eigenvalue weighted by Gasteiger charge is 2.09. The number of halogens is 1. The fourth-order valence-corrected chi connectivity index (χ4v) is 1.81. The Morgan fingerprint density at radius 3 is 2.72 bits per heavy atom. The lowest BCUT2D eigenvalue weighted by atomic mass is 10.1. The summed E-state index contributed by atoms with van der Waals surface area (Å²) in [6.45, 7) is 2.81. The van der Waals surface area contributed by atoms with Crippen LogP contribution in [0.3, 0.4) is 0 Å². The lowest BCUT2D eigenvalue weighted by Crippen LogP contribution is -2.30. The number of nitrogens with two attached hydrogens (primary N) is 1. The van der Waals surface area contributed by atoms with Crippen LogP contribution < -0.4 is 5.73 Å². The van der Waals surface area contributed by atoms with E-state index in [0.29, 0.717) is 32.8 Å². The molecule has 1 rings (SSSR count). The highest BCUT2D eigenvalue weighted by molar-refractivity contribution is 5.27. The maximum atomic E-state index is 13.2. The van der Waals surface area contributed by atoms with Gasteiger partial charge in [0, 0.05) is 33.3 Å². The van der Waals surface area contributed by atoms with Crippen molar-refractivity contribution >= 4 is 0 Å². The first kappa shape index (κ1) is 15.0. The van der Waals surface area contributed by atoms with Gasteiger partial charge >= 0.3 is 0 Å². The fourth-order valence-electron chi connectivity index (χ4n) is 1.81. The molecule has 0 radical (unpaired) electrons. The van der Waals surface area contributed by atoms with Gasteiger partial charge in [0.25, 0.3) is 0 Å². The van der Waals surface area contributed by atoms with E-state index in [9.17, 15) is 4.39 Å². The topological polar surface area (TPSA) is 58.7 Å². The molecule has 0 heterocycles. The Balaban J connectivity index is 2.74. The molecule has 0 spiro atoms. The zero-order valence-electron chi connectivity index (χ0n) is 10.7. The van der Waals surface area contributed by atoms with E-state index in [0.717, 1.165) is 11.1 Å². The number of aliphatic hydroxyl groups is 1. The third-order valence-corrected chi connectivity index (χ3v) is 2.81. The SMILES string of the molecule is COCCN(CCO)Cc1cc(F)ccc1CN. The second kappa shape index (κ2) is 8.16. The summed E-state index contributed by atoms with van der Waals surface area (Å²) in [6, 6.07) is 4.62. The van der Waals surface area contributed by atoms with Crippen LogP contribution in [0.2, 0.25) is 0 Å². The van der Waals surface area contributed by atoms with Gasteiger partial charge in [0.1, 0.15) is 5.82 Å². The first-order valence-corrected chi connectivity index (χ1v) is 6.00. The van der Waals surface area contributed by atoms with Crippen molar-refractivity contribution in [1.29, 1.82) is 0 Å². The lowest BCUT2D eigenvalue weighted by Gasteiger charge is -2.22. The summed E-state index contributed by atoms with van der Waals surface area (Å²) in [5.41, 5.74) is 7.43. The maximum absolute atomic E-state index is 13.2. The molecular weight excluding hydrogens is 235 g/mol. The van der Waals surface area contributed by atoms with Crippen molar-refractivity contribution in [2.45, 2.75) is 13.1 Å². The molecule has 0 amide bonds. The molecule has 5 heteroatoms. The minimum atomic E-state index is -0.266. The molecule has 3 N–H and O–H groups in total. The molecule has 102 valence electrons. The van der Waals surface area contributed by atoms with Gasteiger partial charge in [-0.05, 0) is 23.3 Å². The second-order valence-electron chi connectivity index (χ2n) is 4.11. The van der Waals surface area contributed by atoms with Crippen LogP contribution in [0.25, 0.3) is 0 Å². The number of hydrogen-bond donors (Lipinski definition) is 2. The molecule has 4 nitrogen and oxygen atoms in total. The number of benzene rings is 1. The first-order chi connectivity index (χ1) is 8.71. The molecule has 0 aliphatic rings. The number of nitrogens with zero attached hydrogens (tertiary/aromatic N) is 1. The van der Waals surface area contributed by atoms with Crippen molar-refractivity contribution in [2.75, 3.05) is 33.4 Å². The van der Waals surface area contributed by atoms with Gasteiger partial charge < -0.3 is 15.6 Å². The van der Waals surface area contributed by atoms with Gasteiger partial charge in [0.15, 0.2) is 0 Å². The van der Waals surface area contributed by atoms with E-state index >= 15 is 0 Å². The van der Waals surface area contributed by atoms with E-state index in [1.165, 1.54) is 12.1 Å². The Hall–Kier alpha value is -1.01. The summed E-state index contributed by atoms with van der Waals surface area (Å²) in [4.78, 5) is 2.01. The smallest absolute Gasteiger partial charge is 0.123 e. The van der Waals surface area contributed by atoms with Gasteiger partial charge in [0.2, 0.25) is 0 Å². The van der Waals surface area contributed by atoms with Crippen LogP contribution in [0.15, 0.2) is 18.2 Å². The molecule has 0 unspecified atom stereocenters. The molecule has 0 atom stereocenters. The molecule has 0 saturated heterocycles. The van der Waals surface area contributed by atoms with Crippen LogP contribution in [-0.4, -0.2) is 43.4 Å². The Morgan fingerprint density at radius 1 is 1.33 bits per heavy atom. The number of methoxy groups -OCH3 is 1. The van der Waals surface area contributed by atoms with Gasteiger partial charge in [0.05, 0.1) is 13.2 Å². The number of aliphatic hydroxyl groups excluding tert-OH is 1. The van der Waals surface area contributed by atoms with Crippen molar-refractivity contribution in [3.8, 4) is 0 Å². The van der Waals surface area contributed by atoms with Crippen molar-refractivity contribution in [1.82, 2.24) is 4.90 Å². The van der Waals surface area contributed by atoms with E-state index in [-0.39, 0.29) is 12.4 Å². The predicted molar refractivity (Wildman–Crippen MR) is 68.5 cm³/mol. The quantitative estimate of drug-likeness (QED) is 0.720. The molecular formula is C13H21FN2O2. The third kappa shape index (κ3) is 4.70. The minimum Gasteiger partial charge on any atom is -0.395 e. The average molecular weight is 256 g/mol. The van der Waals surface area contributed by atoms with E-state index in [1.807, 2.05) is 4.90 Å². The molecule has 0 aliphatic heterocycles. The minimum absolute atomic E-state index is 0.0665. The molecule has 1 aromatic carbocycles. The second-order valence-corrected chi connectivity index (χ2v) is 4.11. The Labute approximate surface area is 107 Å². The number of hydrogen-bond acceptors (Lipinski definition) is 4. The summed E-state index contributed by atoms with van der Waals surface area (Å²) in [5.74, 6) is -0.266. The summed E-state index contributed by atoms with van der Waals surface area (Å²) in [7, 11) is 1.63. The van der Waals surface area contributed by atoms with Gasteiger partial charge in [-0.15, -0.1) is 0 Å². The number of rotatable bonds is 8. The van der Waals surface area contributed by atoms with E-state index in [1.54, 1.807) is 13.2 Å². The fraction of sp³-hybridized carbons (Fsp3) is 0.538. The molecule has 0 aliphatic carbocycles. The highest BCUT2D eigenvalue weighted by Crippen LogP contribution is 2.13. The van der Waals surface area contributed by atoms with Gasteiger partial charge in [-0.25, -0.2) is 4.39 Å². The zero-order chi connectivity index (χ0) is 13.4. The normalized spacial score (nSPS) is 11.2. The maximum Gasteiger partial charge on any atom is 0.123 e. The van der Waals surface area contributed by atoms with Crippen LogP contribution in [-0.2, 0) is 17.8 Å². The van der Waals surface area contributed by atoms with Gasteiger partial charge in [-0.3, -0.25) is 4.90 Å². The van der Waals surface area contributed by atoms with Crippen molar-refractivity contribution < 1.29 is 14.2 Å². The zero-order valence-corrected chi connectivity index (χ0v) is 10.7. The van der Waals surface area contributed by atoms with Crippen LogP contribution in [0.4, 0.5) is 4.39 Å². The number of ether oxygens (including phenoxy) is 1. The lowest BCUT2D eigenvalue weighted by molar-refractivity contribution is 0.126. The molecule has 1 aromatic rings. The predicted octanol–water partition coefficient (Wildman–Crippen LogP) is 0.725. The Bertz CT molecular complexity index is 361. The standard InChI is InChI=1S/C13H21FN2O2/c1-18-7-5-16(4-6-17)10-12-8-13(14)3-2-11(12)9-15/h2-3,8,17H,4-7,9-10,15H2,1H3. The average Bonchev–Trinajstić information content (AvgIpc) is 2.36. The largest absolute Gasteiger partial charge is 0.395 e. The molecule has 0 aromatic heterocycles. The monoisotopic (exact) mass is 256 g/mol. The first-order valence-electron chi connectivity index (χ1n) is 6.00.